The predicted molar refractivity (Wildman–Crippen MR) is 82.8 cm³/mol. The number of ether oxygens (including phenoxy) is 1. The van der Waals surface area contributed by atoms with Crippen LogP contribution in [-0.2, 0) is 4.74 Å². The minimum absolute atomic E-state index is 0.363. The number of nitrogens with one attached hydrogen (secondary N) is 1. The molecule has 3 heteroatoms. The summed E-state index contributed by atoms with van der Waals surface area (Å²) in [6.07, 6.45) is 10.4. The Labute approximate surface area is 124 Å². The Balaban J connectivity index is 1.54. The normalized spacial score (nSPS) is 31.4. The Hall–Kier alpha value is -0.120. The van der Waals surface area contributed by atoms with Crippen molar-refractivity contribution < 1.29 is 9.84 Å². The summed E-state index contributed by atoms with van der Waals surface area (Å²) in [6, 6.07) is 0.530. The van der Waals surface area contributed by atoms with E-state index in [1.54, 1.807) is 0 Å². The smallest absolute Gasteiger partial charge is 0.0897 e. The van der Waals surface area contributed by atoms with Gasteiger partial charge in [-0.2, -0.15) is 0 Å². The zero-order chi connectivity index (χ0) is 14.4. The van der Waals surface area contributed by atoms with Gasteiger partial charge in [-0.3, -0.25) is 0 Å². The van der Waals surface area contributed by atoms with Gasteiger partial charge in [0.25, 0.3) is 0 Å². The third-order valence-electron chi connectivity index (χ3n) is 5.27. The predicted octanol–water partition coefficient (Wildman–Crippen LogP) is 3.11. The highest BCUT2D eigenvalue weighted by molar-refractivity contribution is 4.78. The van der Waals surface area contributed by atoms with Crippen LogP contribution in [0, 0.1) is 11.8 Å². The Kier molecular flexibility index (Phi) is 6.79. The lowest BCUT2D eigenvalue weighted by atomic mass is 9.89. The van der Waals surface area contributed by atoms with E-state index in [-0.39, 0.29) is 6.10 Å². The first-order valence-corrected chi connectivity index (χ1v) is 8.68. The maximum Gasteiger partial charge on any atom is 0.0897 e. The van der Waals surface area contributed by atoms with E-state index in [4.69, 9.17) is 4.74 Å². The van der Waals surface area contributed by atoms with Gasteiger partial charge in [-0.15, -0.1) is 0 Å². The summed E-state index contributed by atoms with van der Waals surface area (Å²) in [5.41, 5.74) is 0. The molecule has 2 fully saturated rings. The molecule has 2 aliphatic carbocycles. The molecule has 0 aliphatic heterocycles. The molecule has 2 N–H and O–H groups in total. The molecule has 1 unspecified atom stereocenters. The summed E-state index contributed by atoms with van der Waals surface area (Å²) in [5.74, 6) is 1.66. The zero-order valence-electron chi connectivity index (χ0n) is 13.3. The lowest BCUT2D eigenvalue weighted by Crippen LogP contribution is -2.40. The average molecular weight is 283 g/mol. The highest BCUT2D eigenvalue weighted by atomic mass is 16.5. The molecule has 2 saturated carbocycles. The highest BCUT2D eigenvalue weighted by Gasteiger charge is 2.22. The third-order valence-corrected chi connectivity index (χ3v) is 5.27. The van der Waals surface area contributed by atoms with Crippen molar-refractivity contribution in [3.8, 4) is 0 Å². The van der Waals surface area contributed by atoms with Crippen LogP contribution in [0.25, 0.3) is 0 Å². The summed E-state index contributed by atoms with van der Waals surface area (Å²) >= 11 is 0. The SMILES string of the molecule is CC1CCC(OCC(O)CN[C@H](C)C2CCCC2)CC1. The van der Waals surface area contributed by atoms with Crippen molar-refractivity contribution in [3.63, 3.8) is 0 Å². The Bertz CT molecular complexity index is 258. The molecule has 0 bridgehead atoms. The first-order valence-electron chi connectivity index (χ1n) is 8.68. The van der Waals surface area contributed by atoms with Gasteiger partial charge in [-0.1, -0.05) is 19.8 Å². The molecule has 2 atom stereocenters. The summed E-state index contributed by atoms with van der Waals surface area (Å²) in [5, 5.41) is 13.5. The van der Waals surface area contributed by atoms with Crippen molar-refractivity contribution in [1.29, 1.82) is 0 Å². The maximum absolute atomic E-state index is 10.0. The van der Waals surface area contributed by atoms with Crippen molar-refractivity contribution in [2.24, 2.45) is 11.8 Å². The molecule has 2 aliphatic rings. The summed E-state index contributed by atoms with van der Waals surface area (Å²) in [7, 11) is 0. The van der Waals surface area contributed by atoms with E-state index >= 15 is 0 Å². The van der Waals surface area contributed by atoms with Gasteiger partial charge in [-0.05, 0) is 57.3 Å². The van der Waals surface area contributed by atoms with Crippen LogP contribution in [0.3, 0.4) is 0 Å². The molecule has 0 radical (unpaired) electrons. The van der Waals surface area contributed by atoms with Crippen LogP contribution in [0.5, 0.6) is 0 Å². The van der Waals surface area contributed by atoms with E-state index in [0.29, 0.717) is 25.3 Å². The van der Waals surface area contributed by atoms with Crippen LogP contribution in [0.1, 0.15) is 65.2 Å². The largest absolute Gasteiger partial charge is 0.389 e. The quantitative estimate of drug-likeness (QED) is 0.754. The Morgan fingerprint density at radius 3 is 2.40 bits per heavy atom. The van der Waals surface area contributed by atoms with Gasteiger partial charge in [0.05, 0.1) is 18.8 Å². The van der Waals surface area contributed by atoms with Crippen molar-refractivity contribution in [2.75, 3.05) is 13.2 Å². The number of hydrogen-bond acceptors (Lipinski definition) is 3. The van der Waals surface area contributed by atoms with E-state index in [1.807, 2.05) is 0 Å². The standard InChI is InChI=1S/C17H33NO2/c1-13-7-9-17(10-8-13)20-12-16(19)11-18-14(2)15-5-3-4-6-15/h13-19H,3-12H2,1-2H3/t13?,14-,16?,17?/m1/s1. The minimum atomic E-state index is -0.363. The van der Waals surface area contributed by atoms with Gasteiger partial charge in [0, 0.05) is 12.6 Å². The highest BCUT2D eigenvalue weighted by Crippen LogP contribution is 2.27. The number of rotatable bonds is 7. The van der Waals surface area contributed by atoms with E-state index in [0.717, 1.165) is 11.8 Å². The average Bonchev–Trinajstić information content (AvgIpc) is 2.98. The number of hydrogen-bond donors (Lipinski definition) is 2. The second-order valence-electron chi connectivity index (χ2n) is 7.11. The summed E-state index contributed by atoms with van der Waals surface area (Å²) < 4.78 is 5.86. The van der Waals surface area contributed by atoms with Gasteiger partial charge in [0.1, 0.15) is 0 Å². The van der Waals surface area contributed by atoms with E-state index in [1.165, 1.54) is 51.4 Å². The van der Waals surface area contributed by atoms with Gasteiger partial charge in [-0.25, -0.2) is 0 Å². The van der Waals surface area contributed by atoms with E-state index in [9.17, 15) is 5.11 Å². The molecule has 0 aromatic carbocycles. The Morgan fingerprint density at radius 1 is 1.10 bits per heavy atom. The lowest BCUT2D eigenvalue weighted by Gasteiger charge is -2.27. The van der Waals surface area contributed by atoms with Crippen molar-refractivity contribution in [3.05, 3.63) is 0 Å². The molecule has 0 saturated heterocycles. The molecule has 3 nitrogen and oxygen atoms in total. The maximum atomic E-state index is 10.0. The lowest BCUT2D eigenvalue weighted by molar-refractivity contribution is -0.0286. The molecular weight excluding hydrogens is 250 g/mol. The Morgan fingerprint density at radius 2 is 1.75 bits per heavy atom. The van der Waals surface area contributed by atoms with Crippen LogP contribution in [0.4, 0.5) is 0 Å². The molecule has 0 aromatic heterocycles. The molecule has 118 valence electrons. The van der Waals surface area contributed by atoms with Crippen LogP contribution < -0.4 is 5.32 Å². The second kappa shape index (κ2) is 8.35. The fourth-order valence-electron chi connectivity index (χ4n) is 3.65. The fraction of sp³-hybridized carbons (Fsp3) is 1.00. The topological polar surface area (TPSA) is 41.5 Å². The van der Waals surface area contributed by atoms with Crippen LogP contribution >= 0.6 is 0 Å². The first-order chi connectivity index (χ1) is 9.65. The third kappa shape index (κ3) is 5.34. The monoisotopic (exact) mass is 283 g/mol. The van der Waals surface area contributed by atoms with Gasteiger partial charge >= 0.3 is 0 Å². The van der Waals surface area contributed by atoms with E-state index < -0.39 is 0 Å². The van der Waals surface area contributed by atoms with Crippen LogP contribution in [0.15, 0.2) is 0 Å². The first kappa shape index (κ1) is 16.3. The fourth-order valence-corrected chi connectivity index (χ4v) is 3.65. The minimum Gasteiger partial charge on any atom is -0.389 e. The van der Waals surface area contributed by atoms with Gasteiger partial charge in [0.15, 0.2) is 0 Å². The summed E-state index contributed by atoms with van der Waals surface area (Å²) in [6.45, 7) is 5.73. The van der Waals surface area contributed by atoms with Crippen molar-refractivity contribution >= 4 is 0 Å². The van der Waals surface area contributed by atoms with Crippen molar-refractivity contribution in [2.45, 2.75) is 83.5 Å². The molecule has 20 heavy (non-hydrogen) atoms. The second-order valence-corrected chi connectivity index (χ2v) is 7.11. The summed E-state index contributed by atoms with van der Waals surface area (Å²) in [4.78, 5) is 0. The van der Waals surface area contributed by atoms with Crippen LogP contribution in [-0.4, -0.2) is 36.5 Å². The number of aliphatic hydroxyl groups is 1. The molecule has 0 spiro atoms. The number of aliphatic hydroxyl groups excluding tert-OH is 1. The molecule has 2 rings (SSSR count). The molecule has 0 aromatic rings. The van der Waals surface area contributed by atoms with Gasteiger partial charge < -0.3 is 15.2 Å². The van der Waals surface area contributed by atoms with Gasteiger partial charge in [0.2, 0.25) is 0 Å². The zero-order valence-corrected chi connectivity index (χ0v) is 13.3. The van der Waals surface area contributed by atoms with Crippen molar-refractivity contribution in [1.82, 2.24) is 5.32 Å². The molecular formula is C17H33NO2. The molecule has 0 heterocycles. The molecule has 0 amide bonds. The van der Waals surface area contributed by atoms with Crippen LogP contribution in [0.2, 0.25) is 0 Å². The van der Waals surface area contributed by atoms with E-state index in [2.05, 4.69) is 19.2 Å².